The van der Waals surface area contributed by atoms with Crippen molar-refractivity contribution in [3.63, 3.8) is 0 Å². The van der Waals surface area contributed by atoms with Gasteiger partial charge in [-0.3, -0.25) is 4.79 Å². The number of aromatic nitrogens is 1. The fourth-order valence-corrected chi connectivity index (χ4v) is 5.34. The van der Waals surface area contributed by atoms with E-state index in [2.05, 4.69) is 18.2 Å². The second-order valence-electron chi connectivity index (χ2n) is 6.62. The largest absolute Gasteiger partial charge is 0.342 e. The number of nitrogens with zero attached hydrogens (tertiary/aromatic N) is 2. The van der Waals surface area contributed by atoms with Crippen LogP contribution in [0.25, 0.3) is 22.2 Å². The van der Waals surface area contributed by atoms with E-state index in [9.17, 15) is 9.18 Å². The number of para-hydroxylation sites is 1. The molecule has 0 spiro atoms. The Hall–Kier alpha value is -2.27. The van der Waals surface area contributed by atoms with Crippen LogP contribution in [0.1, 0.15) is 24.7 Å². The fourth-order valence-electron chi connectivity index (χ4n) is 4.03. The first kappa shape index (κ1) is 18.1. The number of rotatable bonds is 5. The Morgan fingerprint density at radius 3 is 2.56 bits per heavy atom. The van der Waals surface area contributed by atoms with Crippen LogP contribution in [0.15, 0.2) is 53.4 Å². The molecule has 1 aliphatic rings. The highest BCUT2D eigenvalue weighted by Crippen LogP contribution is 2.53. The van der Waals surface area contributed by atoms with Crippen LogP contribution in [0.3, 0.4) is 0 Å². The Morgan fingerprint density at radius 1 is 1.11 bits per heavy atom. The molecule has 140 valence electrons. The molecule has 5 heteroatoms. The lowest BCUT2D eigenvalue weighted by atomic mass is 10.0. The number of fused-ring (bicyclic) bond motifs is 5. The smallest absolute Gasteiger partial charge is 0.240 e. The predicted molar refractivity (Wildman–Crippen MR) is 110 cm³/mol. The van der Waals surface area contributed by atoms with Crippen molar-refractivity contribution >= 4 is 28.6 Å². The van der Waals surface area contributed by atoms with E-state index in [1.54, 1.807) is 11.8 Å². The molecule has 4 rings (SSSR count). The van der Waals surface area contributed by atoms with Gasteiger partial charge in [0.15, 0.2) is 0 Å². The molecule has 0 saturated heterocycles. The summed E-state index contributed by atoms with van der Waals surface area (Å²) in [5.74, 6) is 0.129. The molecule has 0 saturated carbocycles. The summed E-state index contributed by atoms with van der Waals surface area (Å²) in [4.78, 5) is 16.3. The number of likely N-dealkylation sites (N-methyl/N-ethyl adjacent to an activating group) is 1. The number of hydrogen-bond donors (Lipinski definition) is 0. The topological polar surface area (TPSA) is 25.2 Å². The van der Waals surface area contributed by atoms with Gasteiger partial charge in [-0.05, 0) is 26.0 Å². The van der Waals surface area contributed by atoms with Crippen molar-refractivity contribution in [3.05, 3.63) is 54.1 Å². The van der Waals surface area contributed by atoms with Gasteiger partial charge in [-0.15, -0.1) is 11.8 Å². The average molecular weight is 383 g/mol. The number of thioether (sulfide) groups is 1. The standard InChI is InChI=1S/C22H23FN2OS/c1-3-24(4-2)22(26)21-19-15-9-5-7-11-17(15)25(14-13-23)20(19)16-10-6-8-12-18(16)27-21/h5-12,21H,3-4,13-14H2,1-2H3/t21-/m1/s1. The van der Waals surface area contributed by atoms with Crippen LogP contribution in [0, 0.1) is 0 Å². The van der Waals surface area contributed by atoms with E-state index in [1.165, 1.54) is 0 Å². The summed E-state index contributed by atoms with van der Waals surface area (Å²) in [6.45, 7) is 5.25. The van der Waals surface area contributed by atoms with Gasteiger partial charge in [0.05, 0.1) is 12.2 Å². The van der Waals surface area contributed by atoms with Gasteiger partial charge < -0.3 is 9.47 Å². The van der Waals surface area contributed by atoms with Crippen molar-refractivity contribution in [1.82, 2.24) is 9.47 Å². The molecule has 2 heterocycles. The highest BCUT2D eigenvalue weighted by atomic mass is 32.2. The molecule has 1 aromatic heterocycles. The average Bonchev–Trinajstić information content (AvgIpc) is 3.03. The summed E-state index contributed by atoms with van der Waals surface area (Å²) in [6.07, 6.45) is 0. The lowest BCUT2D eigenvalue weighted by Gasteiger charge is -2.29. The second kappa shape index (κ2) is 7.39. The molecule has 3 nitrogen and oxygen atoms in total. The minimum absolute atomic E-state index is 0.129. The van der Waals surface area contributed by atoms with Crippen molar-refractivity contribution < 1.29 is 9.18 Å². The SMILES string of the molecule is CCN(CC)C(=O)[C@@H]1Sc2ccccc2-c2c1c1ccccc1n2CCF. The molecule has 0 N–H and O–H groups in total. The molecular formula is C22H23FN2OS. The highest BCUT2D eigenvalue weighted by Gasteiger charge is 2.36. The zero-order chi connectivity index (χ0) is 19.0. The Balaban J connectivity index is 2.02. The number of alkyl halides is 1. The number of carbonyl (C=O) groups is 1. The molecule has 0 bridgehead atoms. The molecule has 1 aliphatic heterocycles. The predicted octanol–water partition coefficient (Wildman–Crippen LogP) is 5.29. The Morgan fingerprint density at radius 2 is 1.81 bits per heavy atom. The third kappa shape index (κ3) is 2.85. The molecule has 1 amide bonds. The maximum atomic E-state index is 13.4. The van der Waals surface area contributed by atoms with Crippen LogP contribution in [0.5, 0.6) is 0 Å². The number of amides is 1. The van der Waals surface area contributed by atoms with Crippen LogP contribution in [0.4, 0.5) is 4.39 Å². The lowest BCUT2D eigenvalue weighted by molar-refractivity contribution is -0.130. The van der Waals surface area contributed by atoms with Gasteiger partial charge >= 0.3 is 0 Å². The Bertz CT molecular complexity index is 993. The number of aryl methyl sites for hydroxylation is 1. The molecular weight excluding hydrogens is 359 g/mol. The van der Waals surface area contributed by atoms with Gasteiger partial charge in [0.2, 0.25) is 5.91 Å². The van der Waals surface area contributed by atoms with Gasteiger partial charge in [-0.2, -0.15) is 0 Å². The van der Waals surface area contributed by atoms with E-state index < -0.39 is 6.67 Å². The summed E-state index contributed by atoms with van der Waals surface area (Å²) in [6, 6.07) is 16.2. The maximum absolute atomic E-state index is 13.4. The van der Waals surface area contributed by atoms with E-state index in [4.69, 9.17) is 0 Å². The zero-order valence-electron chi connectivity index (χ0n) is 15.6. The van der Waals surface area contributed by atoms with Crippen molar-refractivity contribution in [2.24, 2.45) is 0 Å². The third-order valence-electron chi connectivity index (χ3n) is 5.27. The summed E-state index contributed by atoms with van der Waals surface area (Å²) in [5.41, 5.74) is 4.11. The Kier molecular flexibility index (Phi) is 4.96. The van der Waals surface area contributed by atoms with Crippen LogP contribution < -0.4 is 0 Å². The van der Waals surface area contributed by atoms with E-state index >= 15 is 0 Å². The zero-order valence-corrected chi connectivity index (χ0v) is 16.4. The van der Waals surface area contributed by atoms with E-state index in [-0.39, 0.29) is 11.2 Å². The quantitative estimate of drug-likeness (QED) is 0.599. The van der Waals surface area contributed by atoms with Gasteiger partial charge in [0.1, 0.15) is 11.9 Å². The molecule has 0 radical (unpaired) electrons. The maximum Gasteiger partial charge on any atom is 0.240 e. The van der Waals surface area contributed by atoms with Gasteiger partial charge in [0.25, 0.3) is 0 Å². The minimum atomic E-state index is -0.435. The number of benzene rings is 2. The molecule has 3 aromatic rings. The van der Waals surface area contributed by atoms with Crippen LogP contribution in [-0.2, 0) is 11.3 Å². The van der Waals surface area contributed by atoms with Gasteiger partial charge in [-0.1, -0.05) is 36.4 Å². The first-order chi connectivity index (χ1) is 13.2. The van der Waals surface area contributed by atoms with Crippen molar-refractivity contribution in [3.8, 4) is 11.3 Å². The molecule has 27 heavy (non-hydrogen) atoms. The highest BCUT2D eigenvalue weighted by molar-refractivity contribution is 8.00. The molecule has 0 unspecified atom stereocenters. The fraction of sp³-hybridized carbons (Fsp3) is 0.318. The normalized spacial score (nSPS) is 15.4. The van der Waals surface area contributed by atoms with Crippen molar-refractivity contribution in [2.45, 2.75) is 30.5 Å². The molecule has 2 aromatic carbocycles. The van der Waals surface area contributed by atoms with E-state index in [0.717, 1.165) is 32.6 Å². The summed E-state index contributed by atoms with van der Waals surface area (Å²) < 4.78 is 15.5. The molecule has 0 aliphatic carbocycles. The molecule has 1 atom stereocenters. The minimum Gasteiger partial charge on any atom is -0.342 e. The summed E-state index contributed by atoms with van der Waals surface area (Å²) in [5, 5.41) is 0.744. The second-order valence-corrected chi connectivity index (χ2v) is 7.77. The Labute approximate surface area is 163 Å². The van der Waals surface area contributed by atoms with E-state index in [0.29, 0.717) is 19.6 Å². The third-order valence-corrected chi connectivity index (χ3v) is 6.55. The van der Waals surface area contributed by atoms with Crippen molar-refractivity contribution in [2.75, 3.05) is 19.8 Å². The summed E-state index contributed by atoms with van der Waals surface area (Å²) in [7, 11) is 0. The first-order valence-corrected chi connectivity index (χ1v) is 10.3. The number of carbonyl (C=O) groups excluding carboxylic acids is 1. The number of hydrogen-bond acceptors (Lipinski definition) is 2. The van der Waals surface area contributed by atoms with Crippen LogP contribution >= 0.6 is 11.8 Å². The van der Waals surface area contributed by atoms with E-state index in [1.807, 2.05) is 53.6 Å². The van der Waals surface area contributed by atoms with Gasteiger partial charge in [-0.25, -0.2) is 4.39 Å². The van der Waals surface area contributed by atoms with Gasteiger partial charge in [0, 0.05) is 40.0 Å². The lowest BCUT2D eigenvalue weighted by Crippen LogP contribution is -2.34. The van der Waals surface area contributed by atoms with Crippen molar-refractivity contribution in [1.29, 1.82) is 0 Å². The summed E-state index contributed by atoms with van der Waals surface area (Å²) >= 11 is 1.61. The van der Waals surface area contributed by atoms with Crippen LogP contribution in [0.2, 0.25) is 0 Å². The van der Waals surface area contributed by atoms with Crippen LogP contribution in [-0.4, -0.2) is 35.1 Å². The number of halogens is 1. The first-order valence-electron chi connectivity index (χ1n) is 9.43. The monoisotopic (exact) mass is 382 g/mol. The molecule has 0 fully saturated rings.